The van der Waals surface area contributed by atoms with Crippen molar-refractivity contribution >= 4 is 48.3 Å². The van der Waals surface area contributed by atoms with Crippen molar-refractivity contribution in [1.29, 1.82) is 0 Å². The number of rotatable bonds is 14. The number of amides is 1. The Hall–Kier alpha value is -1.90. The van der Waals surface area contributed by atoms with Crippen LogP contribution in [0, 0.1) is 12.8 Å². The average Bonchev–Trinajstić information content (AvgIpc) is 3.30. The first-order chi connectivity index (χ1) is 20.6. The molecular weight excluding hydrogens is 632 g/mol. The summed E-state index contributed by atoms with van der Waals surface area (Å²) >= 11 is 18.9. The maximum atomic E-state index is 13.6. The molecule has 1 aromatic heterocycles. The van der Waals surface area contributed by atoms with Gasteiger partial charge in [-0.1, -0.05) is 53.4 Å². The van der Waals surface area contributed by atoms with Crippen LogP contribution in [-0.4, -0.2) is 54.3 Å². The fourth-order valence-electron chi connectivity index (χ4n) is 5.48. The van der Waals surface area contributed by atoms with E-state index in [2.05, 4.69) is 5.32 Å². The second-order valence-corrected chi connectivity index (χ2v) is 14.1. The van der Waals surface area contributed by atoms with E-state index in [1.807, 2.05) is 19.1 Å². The summed E-state index contributed by atoms with van der Waals surface area (Å²) in [5.74, 6) is 0.0894. The van der Waals surface area contributed by atoms with Crippen LogP contribution in [0.25, 0.3) is 16.9 Å². The Kier molecular flexibility index (Phi) is 12.6. The van der Waals surface area contributed by atoms with E-state index < -0.39 is 7.60 Å². The minimum absolute atomic E-state index is 0.00799. The van der Waals surface area contributed by atoms with Crippen molar-refractivity contribution in [2.75, 3.05) is 32.6 Å². The summed E-state index contributed by atoms with van der Waals surface area (Å²) in [7, 11) is -3.05. The highest BCUT2D eigenvalue weighted by atomic mass is 35.5. The van der Waals surface area contributed by atoms with E-state index in [-0.39, 0.29) is 11.9 Å². The van der Waals surface area contributed by atoms with Gasteiger partial charge in [0, 0.05) is 40.4 Å². The Morgan fingerprint density at radius 3 is 2.42 bits per heavy atom. The number of hydrogen-bond acceptors (Lipinski definition) is 6. The van der Waals surface area contributed by atoms with Crippen molar-refractivity contribution in [2.45, 2.75) is 58.9 Å². The van der Waals surface area contributed by atoms with Gasteiger partial charge in [0.15, 0.2) is 5.69 Å². The summed E-state index contributed by atoms with van der Waals surface area (Å²) in [5.41, 5.74) is 3.29. The third kappa shape index (κ3) is 9.07. The van der Waals surface area contributed by atoms with E-state index in [1.54, 1.807) is 48.9 Å². The number of hydrogen-bond donors (Lipinski definition) is 1. The van der Waals surface area contributed by atoms with Crippen LogP contribution in [0.15, 0.2) is 42.5 Å². The molecule has 0 aliphatic heterocycles. The quantitative estimate of drug-likeness (QED) is 0.136. The molecule has 3 aromatic rings. The minimum Gasteiger partial charge on any atom is -0.381 e. The molecule has 4 rings (SSSR count). The summed E-state index contributed by atoms with van der Waals surface area (Å²) in [5, 5.41) is 9.51. The lowest BCUT2D eigenvalue weighted by Crippen LogP contribution is -2.39. The molecule has 1 saturated carbocycles. The normalized spacial score (nSPS) is 17.3. The van der Waals surface area contributed by atoms with Gasteiger partial charge in [-0.3, -0.25) is 9.36 Å². The second-order valence-electron chi connectivity index (χ2n) is 10.6. The fourth-order valence-corrected chi connectivity index (χ4v) is 7.73. The van der Waals surface area contributed by atoms with Crippen LogP contribution >= 0.6 is 42.4 Å². The molecule has 0 radical (unpaired) electrons. The van der Waals surface area contributed by atoms with E-state index >= 15 is 0 Å². The van der Waals surface area contributed by atoms with Crippen LogP contribution in [0.3, 0.4) is 0 Å². The zero-order chi connectivity index (χ0) is 31.0. The average molecular weight is 671 g/mol. The molecule has 0 bridgehead atoms. The Morgan fingerprint density at radius 1 is 1.05 bits per heavy atom. The topological polar surface area (TPSA) is 91.7 Å². The van der Waals surface area contributed by atoms with Crippen LogP contribution in [0.4, 0.5) is 0 Å². The molecule has 234 valence electrons. The fraction of sp³-hybridized carbons (Fsp3) is 0.484. The maximum absolute atomic E-state index is 13.6. The Bertz CT molecular complexity index is 1420. The molecular formula is C31H39Cl3N3O5P. The molecule has 1 aliphatic rings. The van der Waals surface area contributed by atoms with E-state index in [4.69, 9.17) is 53.7 Å². The third-order valence-electron chi connectivity index (χ3n) is 7.44. The molecule has 43 heavy (non-hydrogen) atoms. The van der Waals surface area contributed by atoms with Crippen LogP contribution in [0.2, 0.25) is 15.1 Å². The van der Waals surface area contributed by atoms with Gasteiger partial charge in [0.2, 0.25) is 0 Å². The first-order valence-corrected chi connectivity index (χ1v) is 17.6. The van der Waals surface area contributed by atoms with Crippen molar-refractivity contribution in [2.24, 2.45) is 5.92 Å². The first-order valence-electron chi connectivity index (χ1n) is 14.7. The van der Waals surface area contributed by atoms with Gasteiger partial charge in [-0.15, -0.1) is 0 Å². The zero-order valence-corrected chi connectivity index (χ0v) is 27.9. The van der Waals surface area contributed by atoms with Gasteiger partial charge < -0.3 is 19.1 Å². The summed E-state index contributed by atoms with van der Waals surface area (Å²) in [6.45, 7) is 7.27. The molecule has 2 atom stereocenters. The lowest BCUT2D eigenvalue weighted by atomic mass is 9.86. The van der Waals surface area contributed by atoms with Gasteiger partial charge in [-0.05, 0) is 82.7 Å². The van der Waals surface area contributed by atoms with Gasteiger partial charge in [-0.25, -0.2) is 4.68 Å². The Labute approximate surface area is 268 Å². The lowest BCUT2D eigenvalue weighted by molar-refractivity contribution is 0.0738. The number of benzene rings is 2. The lowest BCUT2D eigenvalue weighted by Gasteiger charge is -2.29. The summed E-state index contributed by atoms with van der Waals surface area (Å²) in [6, 6.07) is 12.6. The molecule has 12 heteroatoms. The van der Waals surface area contributed by atoms with E-state index in [0.29, 0.717) is 71.4 Å². The smallest absolute Gasteiger partial charge is 0.330 e. The molecule has 1 heterocycles. The number of carbonyl (C=O) groups is 1. The molecule has 0 saturated heterocycles. The monoisotopic (exact) mass is 669 g/mol. The number of carbonyl (C=O) groups excluding carboxylic acids is 1. The molecule has 2 aromatic carbocycles. The third-order valence-corrected chi connectivity index (χ3v) is 10.4. The highest BCUT2D eigenvalue weighted by Gasteiger charge is 2.28. The molecule has 1 fully saturated rings. The molecule has 1 aliphatic carbocycles. The largest absolute Gasteiger partial charge is 0.381 e. The van der Waals surface area contributed by atoms with Gasteiger partial charge in [-0.2, -0.15) is 5.10 Å². The Morgan fingerprint density at radius 2 is 1.74 bits per heavy atom. The SMILES string of the molecule is CCOP(=O)(CCCOCC1CCCC(NC(=O)c2nn(-c3ccc(Cl)cc3Cl)c(-c3ccc(Cl)cc3)c2C)C1)OCC. The van der Waals surface area contributed by atoms with Crippen molar-refractivity contribution in [1.82, 2.24) is 15.1 Å². The van der Waals surface area contributed by atoms with Crippen molar-refractivity contribution < 1.29 is 23.1 Å². The first kappa shape index (κ1) is 34.0. The van der Waals surface area contributed by atoms with Crippen LogP contribution in [-0.2, 0) is 18.3 Å². The Balaban J connectivity index is 1.42. The standard InChI is InChI=1S/C31H39Cl3N3O5P/c1-4-41-43(39,42-5-2)17-7-16-40-20-22-8-6-9-26(18-22)35-31(38)29-21(3)30(23-10-12-24(32)13-11-23)37(36-29)28-15-14-25(33)19-27(28)34/h10-15,19,22,26H,4-9,16-18,20H2,1-3H3,(H,35,38). The van der Waals surface area contributed by atoms with Crippen molar-refractivity contribution in [3.05, 3.63) is 68.8 Å². The van der Waals surface area contributed by atoms with Crippen LogP contribution in [0.1, 0.15) is 62.0 Å². The minimum atomic E-state index is -3.05. The van der Waals surface area contributed by atoms with Gasteiger partial charge in [0.1, 0.15) is 0 Å². The zero-order valence-electron chi connectivity index (χ0n) is 24.8. The number of halogens is 3. The highest BCUT2D eigenvalue weighted by Crippen LogP contribution is 2.48. The highest BCUT2D eigenvalue weighted by molar-refractivity contribution is 7.53. The van der Waals surface area contributed by atoms with Crippen LogP contribution in [0.5, 0.6) is 0 Å². The molecule has 8 nitrogen and oxygen atoms in total. The number of nitrogens with zero attached hydrogens (tertiary/aromatic N) is 2. The van der Waals surface area contributed by atoms with Gasteiger partial charge >= 0.3 is 7.60 Å². The molecule has 1 N–H and O–H groups in total. The summed E-state index contributed by atoms with van der Waals surface area (Å²) in [6.07, 6.45) is 4.66. The van der Waals surface area contributed by atoms with E-state index in [9.17, 15) is 9.36 Å². The predicted octanol–water partition coefficient (Wildman–Crippen LogP) is 8.77. The second kappa shape index (κ2) is 15.9. The predicted molar refractivity (Wildman–Crippen MR) is 173 cm³/mol. The maximum Gasteiger partial charge on any atom is 0.330 e. The van der Waals surface area contributed by atoms with Gasteiger partial charge in [0.05, 0.1) is 35.8 Å². The molecule has 1 amide bonds. The van der Waals surface area contributed by atoms with E-state index in [1.165, 1.54) is 0 Å². The summed E-state index contributed by atoms with van der Waals surface area (Å²) < 4.78 is 31.0. The van der Waals surface area contributed by atoms with Crippen LogP contribution < -0.4 is 5.32 Å². The van der Waals surface area contributed by atoms with Gasteiger partial charge in [0.25, 0.3) is 5.91 Å². The molecule has 2 unspecified atom stereocenters. The number of nitrogens with one attached hydrogen (secondary N) is 1. The van der Waals surface area contributed by atoms with Crippen molar-refractivity contribution in [3.63, 3.8) is 0 Å². The number of aromatic nitrogens is 2. The van der Waals surface area contributed by atoms with Crippen molar-refractivity contribution in [3.8, 4) is 16.9 Å². The van der Waals surface area contributed by atoms with E-state index in [0.717, 1.165) is 42.5 Å². The number of ether oxygens (including phenoxy) is 1. The summed E-state index contributed by atoms with van der Waals surface area (Å²) in [4.78, 5) is 13.6. The molecule has 0 spiro atoms.